The molecule has 27 heavy (non-hydrogen) atoms. The fourth-order valence-corrected chi connectivity index (χ4v) is 2.45. The zero-order valence-corrected chi connectivity index (χ0v) is 16.3. The summed E-state index contributed by atoms with van der Waals surface area (Å²) < 4.78 is 5.14. The largest absolute Gasteiger partial charge is 0.497 e. The highest BCUT2D eigenvalue weighted by molar-refractivity contribution is 5.95. The summed E-state index contributed by atoms with van der Waals surface area (Å²) in [6, 6.07) is 12.9. The monoisotopic (exact) mass is 362 g/mol. The molecule has 0 saturated heterocycles. The maximum absolute atomic E-state index is 12.6. The molecular formula is C23H26N2O2. The number of amides is 1. The van der Waals surface area contributed by atoms with E-state index in [-0.39, 0.29) is 5.91 Å². The molecular weight excluding hydrogens is 336 g/mol. The van der Waals surface area contributed by atoms with Gasteiger partial charge in [0, 0.05) is 17.5 Å². The lowest BCUT2D eigenvalue weighted by atomic mass is 10.1. The van der Waals surface area contributed by atoms with E-state index in [2.05, 4.69) is 17.2 Å². The summed E-state index contributed by atoms with van der Waals surface area (Å²) in [5.74, 6) is 0.574. The van der Waals surface area contributed by atoms with E-state index in [1.807, 2.05) is 50.3 Å². The molecule has 1 aromatic carbocycles. The Balaban J connectivity index is 2.21. The number of ether oxygens (including phenoxy) is 1. The molecule has 0 aliphatic heterocycles. The molecule has 2 aromatic rings. The zero-order chi connectivity index (χ0) is 19.6. The van der Waals surface area contributed by atoms with Crippen LogP contribution in [0.1, 0.15) is 43.2 Å². The van der Waals surface area contributed by atoms with Crippen molar-refractivity contribution in [3.05, 3.63) is 89.4 Å². The van der Waals surface area contributed by atoms with Gasteiger partial charge in [0.05, 0.1) is 12.8 Å². The molecule has 4 nitrogen and oxygen atoms in total. The second-order valence-electron chi connectivity index (χ2n) is 6.02. The third-order valence-electron chi connectivity index (χ3n) is 4.29. The van der Waals surface area contributed by atoms with Gasteiger partial charge in [-0.2, -0.15) is 0 Å². The Labute approximate surface area is 161 Å². The van der Waals surface area contributed by atoms with Crippen LogP contribution in [0.3, 0.4) is 0 Å². The minimum absolute atomic E-state index is 0.148. The van der Waals surface area contributed by atoms with Crippen LogP contribution in [0.4, 0.5) is 0 Å². The second kappa shape index (κ2) is 10.1. The molecule has 1 aromatic heterocycles. The third-order valence-corrected chi connectivity index (χ3v) is 4.29. The number of aromatic nitrogens is 1. The number of pyridine rings is 1. The van der Waals surface area contributed by atoms with E-state index in [1.54, 1.807) is 37.6 Å². The van der Waals surface area contributed by atoms with Crippen LogP contribution in [-0.4, -0.2) is 18.0 Å². The molecule has 0 bridgehead atoms. The molecule has 140 valence electrons. The molecule has 0 fully saturated rings. The summed E-state index contributed by atoms with van der Waals surface area (Å²) in [5.41, 5.74) is 4.38. The Kier molecular flexibility index (Phi) is 7.56. The van der Waals surface area contributed by atoms with Crippen LogP contribution in [0.5, 0.6) is 5.75 Å². The van der Waals surface area contributed by atoms with Crippen molar-refractivity contribution in [3.63, 3.8) is 0 Å². The van der Waals surface area contributed by atoms with Crippen LogP contribution in [-0.2, 0) is 0 Å². The van der Waals surface area contributed by atoms with E-state index in [0.717, 1.165) is 34.7 Å². The number of carbonyl (C=O) groups excluding carboxylic acids is 1. The number of carbonyl (C=O) groups is 1. The van der Waals surface area contributed by atoms with Crippen LogP contribution in [0.25, 0.3) is 5.57 Å². The third kappa shape index (κ3) is 5.68. The SMILES string of the molecule is C\C=C(/C=C\C(NC(=O)c1ccc(OC)cc1)=C(/C)CC)c1ccccn1. The van der Waals surface area contributed by atoms with Crippen LogP contribution in [0.2, 0.25) is 0 Å². The van der Waals surface area contributed by atoms with E-state index in [9.17, 15) is 4.79 Å². The average molecular weight is 362 g/mol. The van der Waals surface area contributed by atoms with Gasteiger partial charge < -0.3 is 10.1 Å². The number of benzene rings is 1. The Morgan fingerprint density at radius 2 is 1.89 bits per heavy atom. The van der Waals surface area contributed by atoms with Gasteiger partial charge in [-0.05, 0) is 73.9 Å². The fraction of sp³-hybridized carbons (Fsp3) is 0.217. The summed E-state index contributed by atoms with van der Waals surface area (Å²) in [6.45, 7) is 6.06. The maximum atomic E-state index is 12.6. The quantitative estimate of drug-likeness (QED) is 0.692. The van der Waals surface area contributed by atoms with Crippen molar-refractivity contribution in [2.45, 2.75) is 27.2 Å². The van der Waals surface area contributed by atoms with Gasteiger partial charge in [-0.1, -0.05) is 25.1 Å². The first-order chi connectivity index (χ1) is 13.1. The topological polar surface area (TPSA) is 51.2 Å². The smallest absolute Gasteiger partial charge is 0.255 e. The van der Waals surface area contributed by atoms with Crippen molar-refractivity contribution in [1.82, 2.24) is 10.3 Å². The van der Waals surface area contributed by atoms with Crippen molar-refractivity contribution >= 4 is 11.5 Å². The van der Waals surface area contributed by atoms with Crippen molar-refractivity contribution in [2.24, 2.45) is 0 Å². The molecule has 0 atom stereocenters. The Morgan fingerprint density at radius 3 is 2.44 bits per heavy atom. The van der Waals surface area contributed by atoms with E-state index in [0.29, 0.717) is 5.56 Å². The molecule has 4 heteroatoms. The van der Waals surface area contributed by atoms with Crippen molar-refractivity contribution < 1.29 is 9.53 Å². The Morgan fingerprint density at radius 1 is 1.15 bits per heavy atom. The average Bonchev–Trinajstić information content (AvgIpc) is 2.73. The van der Waals surface area contributed by atoms with Crippen molar-refractivity contribution in [2.75, 3.05) is 7.11 Å². The minimum atomic E-state index is -0.148. The second-order valence-corrected chi connectivity index (χ2v) is 6.02. The van der Waals surface area contributed by atoms with Crippen LogP contribution in [0.15, 0.2) is 78.2 Å². The van der Waals surface area contributed by atoms with Gasteiger partial charge in [-0.15, -0.1) is 0 Å². The van der Waals surface area contributed by atoms with Crippen molar-refractivity contribution in [1.29, 1.82) is 0 Å². The molecule has 0 radical (unpaired) electrons. The first-order valence-electron chi connectivity index (χ1n) is 9.00. The number of nitrogens with one attached hydrogen (secondary N) is 1. The molecule has 2 rings (SSSR count). The lowest BCUT2D eigenvalue weighted by Gasteiger charge is -2.11. The van der Waals surface area contributed by atoms with Gasteiger partial charge in [-0.3, -0.25) is 9.78 Å². The highest BCUT2D eigenvalue weighted by Gasteiger charge is 2.09. The van der Waals surface area contributed by atoms with Crippen LogP contribution in [0, 0.1) is 0 Å². The Bertz CT molecular complexity index is 848. The minimum Gasteiger partial charge on any atom is -0.497 e. The maximum Gasteiger partial charge on any atom is 0.255 e. The number of hydrogen-bond donors (Lipinski definition) is 1. The number of hydrogen-bond acceptors (Lipinski definition) is 3. The summed E-state index contributed by atoms with van der Waals surface area (Å²) >= 11 is 0. The van der Waals surface area contributed by atoms with Gasteiger partial charge >= 0.3 is 0 Å². The number of nitrogens with zero attached hydrogens (tertiary/aromatic N) is 1. The Hall–Kier alpha value is -3.14. The van der Waals surface area contributed by atoms with Gasteiger partial charge in [0.15, 0.2) is 0 Å². The molecule has 1 amide bonds. The van der Waals surface area contributed by atoms with Gasteiger partial charge in [-0.25, -0.2) is 0 Å². The van der Waals surface area contributed by atoms with Crippen LogP contribution < -0.4 is 10.1 Å². The lowest BCUT2D eigenvalue weighted by Crippen LogP contribution is -2.22. The van der Waals surface area contributed by atoms with E-state index in [4.69, 9.17) is 4.74 Å². The predicted molar refractivity (Wildman–Crippen MR) is 110 cm³/mol. The van der Waals surface area contributed by atoms with E-state index in [1.165, 1.54) is 0 Å². The highest BCUT2D eigenvalue weighted by Crippen LogP contribution is 2.16. The summed E-state index contributed by atoms with van der Waals surface area (Å²) in [4.78, 5) is 17.0. The molecule has 0 aliphatic carbocycles. The van der Waals surface area contributed by atoms with Gasteiger partial charge in [0.25, 0.3) is 5.91 Å². The van der Waals surface area contributed by atoms with Gasteiger partial charge in [0.2, 0.25) is 0 Å². The summed E-state index contributed by atoms with van der Waals surface area (Å²) in [5, 5.41) is 3.02. The summed E-state index contributed by atoms with van der Waals surface area (Å²) in [7, 11) is 1.60. The molecule has 0 aliphatic rings. The lowest BCUT2D eigenvalue weighted by molar-refractivity contribution is 0.0966. The standard InChI is InChI=1S/C23H26N2O2/c1-5-17(3)21(15-12-18(6-2)22-9-7-8-16-24-22)25-23(26)19-10-13-20(27-4)14-11-19/h6-16H,5H2,1-4H3,(H,25,26)/b15-12-,18-6+,21-17-. The number of methoxy groups -OCH3 is 1. The predicted octanol–water partition coefficient (Wildman–Crippen LogP) is 5.16. The van der Waals surface area contributed by atoms with Crippen molar-refractivity contribution in [3.8, 4) is 5.75 Å². The highest BCUT2D eigenvalue weighted by atomic mass is 16.5. The molecule has 1 heterocycles. The molecule has 0 saturated carbocycles. The molecule has 0 unspecified atom stereocenters. The molecule has 0 spiro atoms. The number of allylic oxidation sites excluding steroid dienone is 5. The van der Waals surface area contributed by atoms with Gasteiger partial charge in [0.1, 0.15) is 5.75 Å². The first kappa shape index (κ1) is 20.2. The zero-order valence-electron chi connectivity index (χ0n) is 16.3. The van der Waals surface area contributed by atoms with Crippen LogP contribution >= 0.6 is 0 Å². The first-order valence-corrected chi connectivity index (χ1v) is 9.00. The van der Waals surface area contributed by atoms with E-state index < -0.39 is 0 Å². The number of rotatable bonds is 7. The summed E-state index contributed by atoms with van der Waals surface area (Å²) in [6.07, 6.45) is 8.53. The fourth-order valence-electron chi connectivity index (χ4n) is 2.45. The molecule has 1 N–H and O–H groups in total. The normalized spacial score (nSPS) is 12.7. The van der Waals surface area contributed by atoms with E-state index >= 15 is 0 Å².